The fraction of sp³-hybridized carbons (Fsp3) is 0.571. The van der Waals surface area contributed by atoms with E-state index < -0.39 is 5.79 Å². The number of aryl methyl sites for hydroxylation is 3. The first kappa shape index (κ1) is 12.6. The second-order valence-electron chi connectivity index (χ2n) is 5.01. The highest BCUT2D eigenvalue weighted by Gasteiger charge is 2.40. The van der Waals surface area contributed by atoms with Crippen LogP contribution in [0.2, 0.25) is 0 Å². The molecule has 1 saturated heterocycles. The van der Waals surface area contributed by atoms with Gasteiger partial charge in [0.15, 0.2) is 5.79 Å². The van der Waals surface area contributed by atoms with E-state index in [9.17, 15) is 0 Å². The van der Waals surface area contributed by atoms with Crippen LogP contribution < -0.4 is 5.73 Å². The van der Waals surface area contributed by atoms with Gasteiger partial charge in [0.2, 0.25) is 0 Å². The van der Waals surface area contributed by atoms with Crippen LogP contribution in [-0.4, -0.2) is 19.3 Å². The Bertz CT molecular complexity index is 407. The molecule has 2 rings (SSSR count). The van der Waals surface area contributed by atoms with Crippen molar-refractivity contribution in [1.29, 1.82) is 0 Å². The molecule has 0 spiro atoms. The predicted octanol–water partition coefficient (Wildman–Crippen LogP) is 2.16. The lowest BCUT2D eigenvalue weighted by molar-refractivity contribution is -0.161. The molecule has 3 heteroatoms. The fourth-order valence-corrected chi connectivity index (χ4v) is 2.78. The smallest absolute Gasteiger partial charge is 0.193 e. The van der Waals surface area contributed by atoms with Crippen molar-refractivity contribution in [2.24, 2.45) is 5.73 Å². The van der Waals surface area contributed by atoms with Crippen molar-refractivity contribution in [1.82, 2.24) is 0 Å². The van der Waals surface area contributed by atoms with E-state index in [0.717, 1.165) is 5.56 Å². The van der Waals surface area contributed by atoms with Gasteiger partial charge in [-0.25, -0.2) is 0 Å². The third-order valence-corrected chi connectivity index (χ3v) is 3.33. The van der Waals surface area contributed by atoms with Gasteiger partial charge in [-0.3, -0.25) is 0 Å². The Labute approximate surface area is 103 Å². The molecule has 2 unspecified atom stereocenters. The highest BCUT2D eigenvalue weighted by molar-refractivity contribution is 5.40. The maximum atomic E-state index is 5.94. The predicted molar refractivity (Wildman–Crippen MR) is 67.9 cm³/mol. The molecule has 2 N–H and O–H groups in total. The van der Waals surface area contributed by atoms with Crippen molar-refractivity contribution in [2.75, 3.05) is 13.2 Å². The summed E-state index contributed by atoms with van der Waals surface area (Å²) in [7, 11) is 0. The molecule has 3 nitrogen and oxygen atoms in total. The Balaban J connectivity index is 2.41. The highest BCUT2D eigenvalue weighted by atomic mass is 16.7. The van der Waals surface area contributed by atoms with E-state index in [0.29, 0.717) is 13.2 Å². The minimum absolute atomic E-state index is 0.0000954. The Morgan fingerprint density at radius 1 is 1.29 bits per heavy atom. The van der Waals surface area contributed by atoms with Crippen LogP contribution in [0.25, 0.3) is 0 Å². The summed E-state index contributed by atoms with van der Waals surface area (Å²) in [6.45, 7) is 9.35. The lowest BCUT2D eigenvalue weighted by Crippen LogP contribution is -2.28. The molecule has 2 atom stereocenters. The Kier molecular flexibility index (Phi) is 3.25. The zero-order valence-corrected chi connectivity index (χ0v) is 11.0. The third kappa shape index (κ3) is 2.23. The molecule has 0 bridgehead atoms. The number of nitrogens with two attached hydrogens (primary N) is 1. The van der Waals surface area contributed by atoms with Gasteiger partial charge < -0.3 is 15.2 Å². The van der Waals surface area contributed by atoms with Crippen LogP contribution in [-0.2, 0) is 15.3 Å². The molecule has 1 heterocycles. The van der Waals surface area contributed by atoms with Crippen LogP contribution in [0.5, 0.6) is 0 Å². The van der Waals surface area contributed by atoms with Gasteiger partial charge in [-0.05, 0) is 38.8 Å². The minimum Gasteiger partial charge on any atom is -0.343 e. The summed E-state index contributed by atoms with van der Waals surface area (Å²) < 4.78 is 11.8. The van der Waals surface area contributed by atoms with Crippen molar-refractivity contribution >= 4 is 0 Å². The topological polar surface area (TPSA) is 44.5 Å². The van der Waals surface area contributed by atoms with E-state index in [-0.39, 0.29) is 6.10 Å². The molecule has 17 heavy (non-hydrogen) atoms. The van der Waals surface area contributed by atoms with Crippen molar-refractivity contribution in [3.8, 4) is 0 Å². The largest absolute Gasteiger partial charge is 0.343 e. The molecule has 0 aliphatic carbocycles. The SMILES string of the molecule is Cc1cc(C)c(C2(C)OCC(CN)O2)c(C)c1. The normalized spacial score (nSPS) is 28.6. The molecule has 1 aliphatic rings. The number of hydrogen-bond donors (Lipinski definition) is 1. The molecular formula is C14H21NO2. The number of rotatable bonds is 2. The summed E-state index contributed by atoms with van der Waals surface area (Å²) in [4.78, 5) is 0. The van der Waals surface area contributed by atoms with Crippen molar-refractivity contribution in [2.45, 2.75) is 39.6 Å². The zero-order chi connectivity index (χ0) is 12.6. The number of benzene rings is 1. The van der Waals surface area contributed by atoms with Crippen LogP contribution >= 0.6 is 0 Å². The molecule has 1 fully saturated rings. The van der Waals surface area contributed by atoms with E-state index in [1.807, 2.05) is 6.92 Å². The van der Waals surface area contributed by atoms with E-state index in [4.69, 9.17) is 15.2 Å². The third-order valence-electron chi connectivity index (χ3n) is 3.33. The van der Waals surface area contributed by atoms with Crippen LogP contribution in [0.3, 0.4) is 0 Å². The summed E-state index contributed by atoms with van der Waals surface area (Å²) in [6, 6.07) is 4.33. The van der Waals surface area contributed by atoms with Crippen LogP contribution in [0.1, 0.15) is 29.2 Å². The molecule has 0 amide bonds. The van der Waals surface area contributed by atoms with E-state index >= 15 is 0 Å². The Hall–Kier alpha value is -0.900. The zero-order valence-electron chi connectivity index (χ0n) is 11.0. The van der Waals surface area contributed by atoms with Crippen LogP contribution in [0, 0.1) is 20.8 Å². The fourth-order valence-electron chi connectivity index (χ4n) is 2.78. The van der Waals surface area contributed by atoms with Crippen molar-refractivity contribution in [3.05, 3.63) is 34.4 Å². The lowest BCUT2D eigenvalue weighted by atomic mass is 9.94. The van der Waals surface area contributed by atoms with Gasteiger partial charge in [0.1, 0.15) is 0 Å². The second kappa shape index (κ2) is 4.41. The average Bonchev–Trinajstić information content (AvgIpc) is 2.59. The summed E-state index contributed by atoms with van der Waals surface area (Å²) in [5.41, 5.74) is 10.5. The minimum atomic E-state index is -0.647. The van der Waals surface area contributed by atoms with Crippen molar-refractivity contribution in [3.63, 3.8) is 0 Å². The van der Waals surface area contributed by atoms with Gasteiger partial charge in [0.05, 0.1) is 12.7 Å². The first-order valence-electron chi connectivity index (χ1n) is 6.06. The van der Waals surface area contributed by atoms with Gasteiger partial charge in [0, 0.05) is 12.1 Å². The average molecular weight is 235 g/mol. The van der Waals surface area contributed by atoms with E-state index in [1.54, 1.807) is 0 Å². The summed E-state index contributed by atoms with van der Waals surface area (Å²) in [6.07, 6.45) is 0.0000954. The highest BCUT2D eigenvalue weighted by Crippen LogP contribution is 2.37. The van der Waals surface area contributed by atoms with E-state index in [1.165, 1.54) is 16.7 Å². The molecule has 0 saturated carbocycles. The molecule has 1 aliphatic heterocycles. The summed E-state index contributed by atoms with van der Waals surface area (Å²) >= 11 is 0. The Morgan fingerprint density at radius 3 is 2.35 bits per heavy atom. The maximum Gasteiger partial charge on any atom is 0.193 e. The van der Waals surface area contributed by atoms with Gasteiger partial charge in [0.25, 0.3) is 0 Å². The standard InChI is InChI=1S/C14H21NO2/c1-9-5-10(2)13(11(3)6-9)14(4)16-8-12(7-15)17-14/h5-6,12H,7-8,15H2,1-4H3. The second-order valence-corrected chi connectivity index (χ2v) is 5.01. The molecule has 1 aromatic carbocycles. The summed E-state index contributed by atoms with van der Waals surface area (Å²) in [5.74, 6) is -0.647. The van der Waals surface area contributed by atoms with Gasteiger partial charge in [-0.15, -0.1) is 0 Å². The van der Waals surface area contributed by atoms with Crippen LogP contribution in [0.15, 0.2) is 12.1 Å². The lowest BCUT2D eigenvalue weighted by Gasteiger charge is -2.27. The first-order valence-corrected chi connectivity index (χ1v) is 6.06. The quantitative estimate of drug-likeness (QED) is 0.854. The van der Waals surface area contributed by atoms with Gasteiger partial charge in [-0.1, -0.05) is 17.7 Å². The monoisotopic (exact) mass is 235 g/mol. The van der Waals surface area contributed by atoms with Crippen molar-refractivity contribution < 1.29 is 9.47 Å². The molecule has 94 valence electrons. The van der Waals surface area contributed by atoms with Gasteiger partial charge >= 0.3 is 0 Å². The summed E-state index contributed by atoms with van der Waals surface area (Å²) in [5, 5.41) is 0. The van der Waals surface area contributed by atoms with E-state index in [2.05, 4.69) is 32.9 Å². The molecule has 0 radical (unpaired) electrons. The molecular weight excluding hydrogens is 214 g/mol. The van der Waals surface area contributed by atoms with Gasteiger partial charge in [-0.2, -0.15) is 0 Å². The molecule has 0 aromatic heterocycles. The van der Waals surface area contributed by atoms with Crippen LogP contribution in [0.4, 0.5) is 0 Å². The number of ether oxygens (including phenoxy) is 2. The maximum absolute atomic E-state index is 5.94. The molecule has 1 aromatic rings. The number of hydrogen-bond acceptors (Lipinski definition) is 3. The first-order chi connectivity index (χ1) is 7.96. The Morgan fingerprint density at radius 2 is 1.88 bits per heavy atom.